The maximum atomic E-state index is 13.4. The van der Waals surface area contributed by atoms with Gasteiger partial charge in [0.25, 0.3) is 5.88 Å². The Morgan fingerprint density at radius 1 is 1.48 bits per heavy atom. The second-order valence-corrected chi connectivity index (χ2v) is 8.16. The van der Waals surface area contributed by atoms with Crippen LogP contribution in [0, 0.1) is 18.7 Å². The number of benzene rings is 1. The minimum absolute atomic E-state index is 0.00602. The second kappa shape index (κ2) is 7.58. The van der Waals surface area contributed by atoms with Gasteiger partial charge in [0, 0.05) is 19.0 Å². The third-order valence-electron chi connectivity index (χ3n) is 4.02. The maximum absolute atomic E-state index is 13.4. The van der Waals surface area contributed by atoms with Crippen molar-refractivity contribution in [2.45, 2.75) is 6.92 Å². The summed E-state index contributed by atoms with van der Waals surface area (Å²) in [4.78, 5) is 4.15. The second-order valence-electron chi connectivity index (χ2n) is 6.18. The summed E-state index contributed by atoms with van der Waals surface area (Å²) >= 11 is 0. The molecule has 10 nitrogen and oxygen atoms in total. The van der Waals surface area contributed by atoms with E-state index >= 15 is 0 Å². The van der Waals surface area contributed by atoms with Crippen molar-refractivity contribution < 1.29 is 27.4 Å². The minimum atomic E-state index is -3.20. The first-order valence-electron chi connectivity index (χ1n) is 7.93. The van der Waals surface area contributed by atoms with Gasteiger partial charge >= 0.3 is 0 Å². The number of rotatable bonds is 6. The molecule has 1 aromatic carbocycles. The van der Waals surface area contributed by atoms with Gasteiger partial charge in [0.15, 0.2) is 5.84 Å². The molecule has 1 aliphatic rings. The van der Waals surface area contributed by atoms with E-state index in [0.717, 1.165) is 6.26 Å². The maximum Gasteiger partial charge on any atom is 0.287 e. The Labute approximate surface area is 154 Å². The lowest BCUT2D eigenvalue weighted by atomic mass is 10.1. The van der Waals surface area contributed by atoms with E-state index < -0.39 is 10.0 Å². The van der Waals surface area contributed by atoms with Gasteiger partial charge in [-0.3, -0.25) is 10.7 Å². The number of hydrogen-bond donors (Lipinski definition) is 2. The van der Waals surface area contributed by atoms with Gasteiger partial charge in [0.1, 0.15) is 5.82 Å². The molecule has 1 fully saturated rings. The Balaban J connectivity index is 1.69. The summed E-state index contributed by atoms with van der Waals surface area (Å²) < 4.78 is 47.6. The quantitative estimate of drug-likeness (QED) is 0.415. The highest BCUT2D eigenvalue weighted by Crippen LogP contribution is 2.22. The number of aromatic nitrogens is 2. The summed E-state index contributed by atoms with van der Waals surface area (Å²) in [5, 5.41) is 16.7. The minimum Gasteiger partial charge on any atom is -0.473 e. The monoisotopic (exact) mass is 399 g/mol. The van der Waals surface area contributed by atoms with Crippen molar-refractivity contribution in [1.82, 2.24) is 20.1 Å². The smallest absolute Gasteiger partial charge is 0.287 e. The number of hydroxylamine groups is 1. The summed E-state index contributed by atoms with van der Waals surface area (Å²) in [5.74, 6) is -0.467. The van der Waals surface area contributed by atoms with Crippen LogP contribution in [0.3, 0.4) is 0 Å². The highest BCUT2D eigenvalue weighted by molar-refractivity contribution is 7.88. The van der Waals surface area contributed by atoms with Crippen LogP contribution >= 0.6 is 0 Å². The van der Waals surface area contributed by atoms with Gasteiger partial charge in [-0.15, -0.1) is 0 Å². The van der Waals surface area contributed by atoms with E-state index in [1.165, 1.54) is 22.5 Å². The standard InChI is InChI=1S/C15H18FN5O5S/c1-9-5-11(3-4-12(9)16)17-14(18-22)13-15(20-26-19-13)25-8-10-6-21(7-10)27(2,23)24/h3-5,10,22H,6-8H2,1-2H3,(H,17,18). The first-order valence-corrected chi connectivity index (χ1v) is 9.78. The van der Waals surface area contributed by atoms with Crippen molar-refractivity contribution in [3.05, 3.63) is 35.3 Å². The largest absolute Gasteiger partial charge is 0.473 e. The highest BCUT2D eigenvalue weighted by atomic mass is 32.2. The Hall–Kier alpha value is -2.57. The number of aliphatic imine (C=N–C) groups is 1. The molecule has 0 atom stereocenters. The van der Waals surface area contributed by atoms with E-state index in [1.54, 1.807) is 6.92 Å². The van der Waals surface area contributed by atoms with Crippen LogP contribution in [0.1, 0.15) is 11.3 Å². The van der Waals surface area contributed by atoms with Crippen molar-refractivity contribution in [2.24, 2.45) is 10.9 Å². The fourth-order valence-corrected chi connectivity index (χ4v) is 3.44. The average Bonchev–Trinajstić information content (AvgIpc) is 3.01. The zero-order chi connectivity index (χ0) is 19.6. The molecule has 0 amide bonds. The summed E-state index contributed by atoms with van der Waals surface area (Å²) in [6.45, 7) is 2.49. The number of nitrogens with zero attached hydrogens (tertiary/aromatic N) is 4. The lowest BCUT2D eigenvalue weighted by Gasteiger charge is -2.36. The van der Waals surface area contributed by atoms with Gasteiger partial charge in [0.05, 0.1) is 18.6 Å². The van der Waals surface area contributed by atoms with Crippen LogP contribution in [0.4, 0.5) is 10.1 Å². The van der Waals surface area contributed by atoms with Crippen LogP contribution in [0.15, 0.2) is 27.8 Å². The molecule has 2 heterocycles. The molecule has 0 unspecified atom stereocenters. The van der Waals surface area contributed by atoms with Gasteiger partial charge in [-0.25, -0.2) is 26.7 Å². The van der Waals surface area contributed by atoms with E-state index in [2.05, 4.69) is 19.9 Å². The van der Waals surface area contributed by atoms with Crippen LogP contribution in [0.2, 0.25) is 0 Å². The number of aryl methyl sites for hydroxylation is 1. The van der Waals surface area contributed by atoms with Crippen molar-refractivity contribution in [3.63, 3.8) is 0 Å². The Bertz CT molecular complexity index is 955. The highest BCUT2D eigenvalue weighted by Gasteiger charge is 2.34. The van der Waals surface area contributed by atoms with Crippen LogP contribution in [-0.2, 0) is 10.0 Å². The molecule has 1 saturated heterocycles. The first-order chi connectivity index (χ1) is 12.8. The Kier molecular flexibility index (Phi) is 5.39. The molecule has 2 aromatic rings. The zero-order valence-electron chi connectivity index (χ0n) is 14.6. The van der Waals surface area contributed by atoms with Crippen LogP contribution < -0.4 is 10.2 Å². The summed E-state index contributed by atoms with van der Waals surface area (Å²) in [6, 6.07) is 4.18. The number of amidine groups is 1. The van der Waals surface area contributed by atoms with Gasteiger partial charge in [-0.1, -0.05) is 0 Å². The molecule has 2 N–H and O–H groups in total. The van der Waals surface area contributed by atoms with E-state index in [4.69, 9.17) is 4.74 Å². The first kappa shape index (κ1) is 19.2. The number of halogens is 1. The Morgan fingerprint density at radius 3 is 2.85 bits per heavy atom. The molecule has 1 aromatic heterocycles. The molecule has 0 bridgehead atoms. The normalized spacial score (nSPS) is 16.2. The number of nitrogens with one attached hydrogen (secondary N) is 1. The molecule has 146 valence electrons. The van der Waals surface area contributed by atoms with Crippen molar-refractivity contribution in [1.29, 1.82) is 0 Å². The molecular formula is C15H18FN5O5S. The van der Waals surface area contributed by atoms with E-state index in [0.29, 0.717) is 24.3 Å². The van der Waals surface area contributed by atoms with E-state index in [9.17, 15) is 18.0 Å². The third-order valence-corrected chi connectivity index (χ3v) is 5.26. The molecule has 0 spiro atoms. The van der Waals surface area contributed by atoms with Gasteiger partial charge in [-0.05, 0) is 41.0 Å². The van der Waals surface area contributed by atoms with Crippen molar-refractivity contribution in [3.8, 4) is 5.88 Å². The lowest BCUT2D eigenvalue weighted by Crippen LogP contribution is -2.51. The predicted octanol–water partition coefficient (Wildman–Crippen LogP) is 0.844. The summed E-state index contributed by atoms with van der Waals surface area (Å²) in [5.41, 5.74) is 2.69. The Morgan fingerprint density at radius 2 is 2.22 bits per heavy atom. The van der Waals surface area contributed by atoms with Crippen molar-refractivity contribution in [2.75, 3.05) is 26.0 Å². The molecule has 3 rings (SSSR count). The SMILES string of the molecule is Cc1cc(N=C(NO)c2nonc2OCC2CN(S(C)(=O)=O)C2)ccc1F. The molecule has 0 aliphatic carbocycles. The van der Waals surface area contributed by atoms with E-state index in [1.807, 2.05) is 5.48 Å². The average molecular weight is 399 g/mol. The van der Waals surface area contributed by atoms with Gasteiger partial charge < -0.3 is 4.74 Å². The van der Waals surface area contributed by atoms with Crippen LogP contribution in [0.5, 0.6) is 5.88 Å². The fourth-order valence-electron chi connectivity index (χ4n) is 2.47. The van der Waals surface area contributed by atoms with Crippen LogP contribution in [0.25, 0.3) is 0 Å². The molecule has 12 heteroatoms. The van der Waals surface area contributed by atoms with Crippen molar-refractivity contribution >= 4 is 21.5 Å². The number of ether oxygens (including phenoxy) is 1. The third kappa shape index (κ3) is 4.40. The van der Waals surface area contributed by atoms with E-state index in [-0.39, 0.29) is 35.8 Å². The lowest BCUT2D eigenvalue weighted by molar-refractivity contribution is 0.123. The molecule has 1 aliphatic heterocycles. The molecular weight excluding hydrogens is 381 g/mol. The zero-order valence-corrected chi connectivity index (χ0v) is 15.4. The molecule has 27 heavy (non-hydrogen) atoms. The molecule has 0 radical (unpaired) electrons. The number of hydrogen-bond acceptors (Lipinski definition) is 8. The topological polar surface area (TPSA) is 130 Å². The summed E-state index contributed by atoms with van der Waals surface area (Å²) in [7, 11) is -3.20. The predicted molar refractivity (Wildman–Crippen MR) is 92.0 cm³/mol. The van der Waals surface area contributed by atoms with Crippen LogP contribution in [-0.4, -0.2) is 60.0 Å². The van der Waals surface area contributed by atoms with Gasteiger partial charge in [-0.2, -0.15) is 0 Å². The number of sulfonamides is 1. The fraction of sp³-hybridized carbons (Fsp3) is 0.400. The van der Waals surface area contributed by atoms with Gasteiger partial charge in [0.2, 0.25) is 15.7 Å². The summed E-state index contributed by atoms with van der Waals surface area (Å²) in [6.07, 6.45) is 1.15. The molecule has 0 saturated carbocycles.